The van der Waals surface area contributed by atoms with Gasteiger partial charge in [-0.1, -0.05) is 19.8 Å². The molecule has 1 heterocycles. The van der Waals surface area contributed by atoms with Crippen LogP contribution in [0.2, 0.25) is 0 Å². The lowest BCUT2D eigenvalue weighted by atomic mass is 10.0. The topological polar surface area (TPSA) is 108 Å². The highest BCUT2D eigenvalue weighted by atomic mass is 16.6. The van der Waals surface area contributed by atoms with E-state index in [0.29, 0.717) is 29.6 Å². The molecular weight excluding hydrogens is 404 g/mol. The number of carbonyl (C=O) groups is 3. The van der Waals surface area contributed by atoms with E-state index in [1.165, 1.54) is 19.2 Å². The molecule has 8 heteroatoms. The van der Waals surface area contributed by atoms with E-state index < -0.39 is 11.9 Å². The van der Waals surface area contributed by atoms with Gasteiger partial charge in [-0.25, -0.2) is 9.59 Å². The predicted molar refractivity (Wildman–Crippen MR) is 111 cm³/mol. The number of phenols is 1. The number of methoxy groups -OCH3 is 1. The van der Waals surface area contributed by atoms with Crippen LogP contribution in [-0.4, -0.2) is 37.0 Å². The summed E-state index contributed by atoms with van der Waals surface area (Å²) in [6.07, 6.45) is 2.96. The van der Waals surface area contributed by atoms with Crippen molar-refractivity contribution in [3.63, 3.8) is 0 Å². The molecule has 0 saturated carbocycles. The van der Waals surface area contributed by atoms with Gasteiger partial charge in [0, 0.05) is 5.56 Å². The van der Waals surface area contributed by atoms with Gasteiger partial charge in [-0.2, -0.15) is 0 Å². The molecule has 1 aliphatic heterocycles. The second-order valence-corrected chi connectivity index (χ2v) is 7.19. The lowest BCUT2D eigenvalue weighted by Gasteiger charge is -2.17. The van der Waals surface area contributed by atoms with E-state index in [2.05, 4.69) is 0 Å². The van der Waals surface area contributed by atoms with E-state index >= 15 is 0 Å². The number of carbonyl (C=O) groups excluding carboxylic acids is 3. The quantitative estimate of drug-likeness (QED) is 0.297. The first kappa shape index (κ1) is 22.1. The number of rotatable bonds is 7. The largest absolute Gasteiger partial charge is 0.507 e. The van der Waals surface area contributed by atoms with Crippen molar-refractivity contribution in [3.8, 4) is 28.7 Å². The molecule has 0 unspecified atom stereocenters. The highest BCUT2D eigenvalue weighted by Crippen LogP contribution is 2.48. The molecule has 3 rings (SSSR count). The Kier molecular flexibility index (Phi) is 6.48. The summed E-state index contributed by atoms with van der Waals surface area (Å²) in [6, 6.07) is 2.71. The van der Waals surface area contributed by atoms with Gasteiger partial charge in [-0.05, 0) is 38.0 Å². The Labute approximate surface area is 179 Å². The number of esters is 2. The number of hydrogen-bond acceptors (Lipinski definition) is 8. The van der Waals surface area contributed by atoms with Gasteiger partial charge in [0.15, 0.2) is 23.5 Å². The maximum atomic E-state index is 12.9. The molecule has 1 N–H and O–H groups in total. The smallest absolute Gasteiger partial charge is 0.347 e. The van der Waals surface area contributed by atoms with Gasteiger partial charge in [0.2, 0.25) is 0 Å². The predicted octanol–water partition coefficient (Wildman–Crippen LogP) is 4.50. The molecular formula is C23H24O8. The SMILES string of the molecule is CCCCCOC(=O)c1cc(OC)c(C)c2c1Oc1c(C=O)c(O)cc(C)c1C(=O)O2. The number of aromatic hydroxyl groups is 1. The molecule has 2 aromatic carbocycles. The minimum absolute atomic E-state index is 0.0169. The molecule has 0 amide bonds. The molecule has 31 heavy (non-hydrogen) atoms. The molecule has 0 aliphatic carbocycles. The molecule has 0 saturated heterocycles. The molecule has 0 radical (unpaired) electrons. The Bertz CT molecular complexity index is 1050. The summed E-state index contributed by atoms with van der Waals surface area (Å²) in [5, 5.41) is 10.2. The maximum absolute atomic E-state index is 12.9. The van der Waals surface area contributed by atoms with Gasteiger partial charge >= 0.3 is 11.9 Å². The summed E-state index contributed by atoms with van der Waals surface area (Å²) in [5.74, 6) is -1.80. The van der Waals surface area contributed by atoms with E-state index in [1.54, 1.807) is 13.8 Å². The maximum Gasteiger partial charge on any atom is 0.347 e. The molecule has 0 fully saturated rings. The van der Waals surface area contributed by atoms with Crippen LogP contribution in [0, 0.1) is 13.8 Å². The molecule has 0 spiro atoms. The number of fused-ring (bicyclic) bond motifs is 2. The molecule has 2 aromatic rings. The Morgan fingerprint density at radius 1 is 1.13 bits per heavy atom. The standard InChI is InChI=1S/C23H24O8/c1-5-6-7-8-29-22(26)14-10-17(28-4)13(3)19-21(14)30-20-15(11-24)16(25)9-12(2)18(20)23(27)31-19/h9-11,25H,5-8H2,1-4H3. The van der Waals surface area contributed by atoms with Crippen LogP contribution in [0.25, 0.3) is 0 Å². The van der Waals surface area contributed by atoms with Crippen LogP contribution in [0.15, 0.2) is 12.1 Å². The van der Waals surface area contributed by atoms with Crippen LogP contribution >= 0.6 is 0 Å². The minimum Gasteiger partial charge on any atom is -0.507 e. The Morgan fingerprint density at radius 3 is 2.52 bits per heavy atom. The van der Waals surface area contributed by atoms with Gasteiger partial charge in [0.05, 0.1) is 19.3 Å². The highest BCUT2D eigenvalue weighted by molar-refractivity contribution is 6.03. The van der Waals surface area contributed by atoms with E-state index in [-0.39, 0.29) is 46.3 Å². The third kappa shape index (κ3) is 4.05. The lowest BCUT2D eigenvalue weighted by Crippen LogP contribution is -2.12. The second-order valence-electron chi connectivity index (χ2n) is 7.19. The number of benzene rings is 2. The number of aryl methyl sites for hydroxylation is 1. The van der Waals surface area contributed by atoms with Gasteiger partial charge < -0.3 is 24.1 Å². The number of aldehydes is 1. The van der Waals surface area contributed by atoms with E-state index in [9.17, 15) is 19.5 Å². The molecule has 0 atom stereocenters. The average molecular weight is 428 g/mol. The van der Waals surface area contributed by atoms with Crippen molar-refractivity contribution < 1.29 is 38.4 Å². The van der Waals surface area contributed by atoms with Gasteiger partial charge in [0.1, 0.15) is 22.6 Å². The van der Waals surface area contributed by atoms with Crippen molar-refractivity contribution >= 4 is 18.2 Å². The average Bonchev–Trinajstić information content (AvgIpc) is 2.88. The molecule has 1 aliphatic rings. The number of ether oxygens (including phenoxy) is 4. The lowest BCUT2D eigenvalue weighted by molar-refractivity contribution is 0.0493. The normalized spacial score (nSPS) is 12.1. The van der Waals surface area contributed by atoms with Crippen LogP contribution < -0.4 is 14.2 Å². The van der Waals surface area contributed by atoms with E-state index in [0.717, 1.165) is 12.8 Å². The fourth-order valence-corrected chi connectivity index (χ4v) is 3.40. The van der Waals surface area contributed by atoms with E-state index in [4.69, 9.17) is 18.9 Å². The second kappa shape index (κ2) is 9.07. The fraction of sp³-hybridized carbons (Fsp3) is 0.348. The van der Waals surface area contributed by atoms with Crippen molar-refractivity contribution in [2.24, 2.45) is 0 Å². The summed E-state index contributed by atoms with van der Waals surface area (Å²) >= 11 is 0. The minimum atomic E-state index is -0.784. The van der Waals surface area contributed by atoms with Crippen molar-refractivity contribution in [1.82, 2.24) is 0 Å². The number of unbranched alkanes of at least 4 members (excludes halogenated alkanes) is 2. The first-order chi connectivity index (χ1) is 14.8. The zero-order valence-electron chi connectivity index (χ0n) is 17.9. The van der Waals surface area contributed by atoms with Crippen molar-refractivity contribution in [2.75, 3.05) is 13.7 Å². The highest BCUT2D eigenvalue weighted by Gasteiger charge is 2.34. The van der Waals surface area contributed by atoms with Gasteiger partial charge in [0.25, 0.3) is 0 Å². The molecule has 0 aromatic heterocycles. The number of phenolic OH excluding ortho intramolecular Hbond substituents is 1. The monoisotopic (exact) mass is 428 g/mol. The van der Waals surface area contributed by atoms with Crippen molar-refractivity contribution in [2.45, 2.75) is 40.0 Å². The third-order valence-electron chi connectivity index (χ3n) is 5.07. The van der Waals surface area contributed by atoms with Crippen molar-refractivity contribution in [3.05, 3.63) is 39.9 Å². The zero-order valence-corrected chi connectivity index (χ0v) is 17.9. The van der Waals surface area contributed by atoms with Crippen LogP contribution in [0.1, 0.15) is 68.4 Å². The molecule has 0 bridgehead atoms. The first-order valence-corrected chi connectivity index (χ1v) is 9.94. The molecule has 164 valence electrons. The third-order valence-corrected chi connectivity index (χ3v) is 5.07. The summed E-state index contributed by atoms with van der Waals surface area (Å²) in [6.45, 7) is 5.47. The Hall–Kier alpha value is -3.55. The van der Waals surface area contributed by atoms with Crippen molar-refractivity contribution in [1.29, 1.82) is 0 Å². The zero-order chi connectivity index (χ0) is 22.7. The fourth-order valence-electron chi connectivity index (χ4n) is 3.40. The van der Waals surface area contributed by atoms with Gasteiger partial charge in [-0.3, -0.25) is 4.79 Å². The van der Waals surface area contributed by atoms with Crippen LogP contribution in [-0.2, 0) is 4.74 Å². The van der Waals surface area contributed by atoms with E-state index in [1.807, 2.05) is 6.92 Å². The molecule has 8 nitrogen and oxygen atoms in total. The van der Waals surface area contributed by atoms with Crippen LogP contribution in [0.4, 0.5) is 0 Å². The Balaban J connectivity index is 2.19. The van der Waals surface area contributed by atoms with Gasteiger partial charge in [-0.15, -0.1) is 0 Å². The Morgan fingerprint density at radius 2 is 1.87 bits per heavy atom. The summed E-state index contributed by atoms with van der Waals surface area (Å²) in [7, 11) is 1.42. The first-order valence-electron chi connectivity index (χ1n) is 9.94. The number of hydrogen-bond donors (Lipinski definition) is 1. The van der Waals surface area contributed by atoms with Crippen LogP contribution in [0.5, 0.6) is 28.7 Å². The van der Waals surface area contributed by atoms with Crippen LogP contribution in [0.3, 0.4) is 0 Å². The summed E-state index contributed by atoms with van der Waals surface area (Å²) in [5.41, 5.74) is 0.519. The summed E-state index contributed by atoms with van der Waals surface area (Å²) < 4.78 is 22.2. The summed E-state index contributed by atoms with van der Waals surface area (Å²) in [4.78, 5) is 37.4.